The Bertz CT molecular complexity index is 952. The van der Waals surface area contributed by atoms with Crippen LogP contribution < -0.4 is 10.6 Å². The van der Waals surface area contributed by atoms with Crippen LogP contribution in [0.1, 0.15) is 28.5 Å². The molecule has 1 aromatic carbocycles. The van der Waals surface area contributed by atoms with Gasteiger partial charge in [0, 0.05) is 26.2 Å². The lowest BCUT2D eigenvalue weighted by molar-refractivity contribution is 0.0827. The van der Waals surface area contributed by atoms with Gasteiger partial charge in [-0.1, -0.05) is 18.2 Å². The largest absolute Gasteiger partial charge is 0.443 e. The van der Waals surface area contributed by atoms with Gasteiger partial charge < -0.3 is 20.0 Å². The van der Waals surface area contributed by atoms with Crippen LogP contribution in [0.2, 0.25) is 0 Å². The van der Waals surface area contributed by atoms with Crippen molar-refractivity contribution in [3.05, 3.63) is 64.9 Å². The number of rotatable bonds is 7. The molecule has 0 aliphatic heterocycles. The number of amides is 1. The molecule has 0 aliphatic carbocycles. The van der Waals surface area contributed by atoms with E-state index in [1.54, 1.807) is 36.6 Å². The predicted octanol–water partition coefficient (Wildman–Crippen LogP) is 3.98. The van der Waals surface area contributed by atoms with Gasteiger partial charge in [0.25, 0.3) is 5.91 Å². The standard InChI is InChI=1S/C21H25N5O2S.HI/c1-4-22-21(23-12-15-7-9-16(10-8-15)20(27)26(2)3)24-13-17-14-28-19(25-17)18-6-5-11-29-18;/h5-11,14H,4,12-13H2,1-3H3,(H2,22,23,24);1H. The normalized spacial score (nSPS) is 11.0. The summed E-state index contributed by atoms with van der Waals surface area (Å²) in [6, 6.07) is 11.5. The van der Waals surface area contributed by atoms with Crippen LogP contribution in [0.5, 0.6) is 0 Å². The molecule has 0 atom stereocenters. The first-order valence-electron chi connectivity index (χ1n) is 9.38. The summed E-state index contributed by atoms with van der Waals surface area (Å²) in [7, 11) is 3.49. The van der Waals surface area contributed by atoms with Crippen LogP contribution in [0, 0.1) is 0 Å². The number of aromatic nitrogens is 1. The van der Waals surface area contributed by atoms with Crippen LogP contribution >= 0.6 is 35.3 Å². The molecular formula is C21H26IN5O2S. The first-order valence-corrected chi connectivity index (χ1v) is 10.3. The fourth-order valence-electron chi connectivity index (χ4n) is 2.60. The maximum absolute atomic E-state index is 12.0. The summed E-state index contributed by atoms with van der Waals surface area (Å²) >= 11 is 1.60. The molecule has 0 radical (unpaired) electrons. The Kier molecular flexibility index (Phi) is 9.31. The van der Waals surface area contributed by atoms with Crippen LogP contribution in [-0.4, -0.2) is 42.4 Å². The van der Waals surface area contributed by atoms with Crippen molar-refractivity contribution in [2.24, 2.45) is 4.99 Å². The van der Waals surface area contributed by atoms with Crippen molar-refractivity contribution in [2.75, 3.05) is 20.6 Å². The van der Waals surface area contributed by atoms with E-state index in [1.807, 2.05) is 48.7 Å². The molecule has 0 spiro atoms. The van der Waals surface area contributed by atoms with Crippen molar-refractivity contribution in [2.45, 2.75) is 20.0 Å². The topological polar surface area (TPSA) is 82.8 Å². The van der Waals surface area contributed by atoms with Crippen molar-refractivity contribution < 1.29 is 9.21 Å². The fraction of sp³-hybridized carbons (Fsp3) is 0.286. The minimum Gasteiger partial charge on any atom is -0.443 e. The first kappa shape index (κ1) is 23.9. The lowest BCUT2D eigenvalue weighted by Crippen LogP contribution is -2.36. The maximum atomic E-state index is 12.0. The van der Waals surface area contributed by atoms with Crippen molar-refractivity contribution in [1.29, 1.82) is 0 Å². The van der Waals surface area contributed by atoms with Gasteiger partial charge in [-0.05, 0) is 36.1 Å². The highest BCUT2D eigenvalue weighted by molar-refractivity contribution is 14.0. The van der Waals surface area contributed by atoms with E-state index in [-0.39, 0.29) is 29.9 Å². The van der Waals surface area contributed by atoms with Gasteiger partial charge in [0.1, 0.15) is 6.26 Å². The van der Waals surface area contributed by atoms with Gasteiger partial charge in [-0.3, -0.25) is 4.79 Å². The number of hydrogen-bond donors (Lipinski definition) is 2. The summed E-state index contributed by atoms with van der Waals surface area (Å²) in [5.74, 6) is 1.32. The molecule has 30 heavy (non-hydrogen) atoms. The average molecular weight is 539 g/mol. The molecule has 0 saturated carbocycles. The molecule has 2 aromatic heterocycles. The quantitative estimate of drug-likeness (QED) is 0.270. The van der Waals surface area contributed by atoms with E-state index < -0.39 is 0 Å². The lowest BCUT2D eigenvalue weighted by Gasteiger charge is -2.11. The predicted molar refractivity (Wildman–Crippen MR) is 131 cm³/mol. The van der Waals surface area contributed by atoms with E-state index in [0.717, 1.165) is 22.7 Å². The highest BCUT2D eigenvalue weighted by Gasteiger charge is 2.09. The molecule has 0 unspecified atom stereocenters. The zero-order valence-corrected chi connectivity index (χ0v) is 20.4. The monoisotopic (exact) mass is 539 g/mol. The Morgan fingerprint density at radius 2 is 1.97 bits per heavy atom. The Labute approximate surface area is 197 Å². The molecule has 160 valence electrons. The van der Waals surface area contributed by atoms with Crippen LogP contribution in [0.25, 0.3) is 10.8 Å². The van der Waals surface area contributed by atoms with Gasteiger partial charge in [-0.2, -0.15) is 0 Å². The second-order valence-electron chi connectivity index (χ2n) is 6.57. The fourth-order valence-corrected chi connectivity index (χ4v) is 3.25. The number of oxazole rings is 1. The number of thiophene rings is 1. The Morgan fingerprint density at radius 1 is 1.20 bits per heavy atom. The summed E-state index contributed by atoms with van der Waals surface area (Å²) < 4.78 is 5.55. The zero-order valence-electron chi connectivity index (χ0n) is 17.2. The molecule has 0 aliphatic rings. The number of nitrogens with zero attached hydrogens (tertiary/aromatic N) is 3. The van der Waals surface area contributed by atoms with E-state index in [1.165, 1.54) is 0 Å². The average Bonchev–Trinajstić information content (AvgIpc) is 3.41. The van der Waals surface area contributed by atoms with E-state index in [0.29, 0.717) is 30.5 Å². The highest BCUT2D eigenvalue weighted by Crippen LogP contribution is 2.23. The van der Waals surface area contributed by atoms with Crippen LogP contribution in [-0.2, 0) is 13.1 Å². The Hall–Kier alpha value is -2.40. The summed E-state index contributed by atoms with van der Waals surface area (Å²) in [6.45, 7) is 3.78. The Balaban J connectivity index is 0.00000320. The minimum absolute atomic E-state index is 0. The van der Waals surface area contributed by atoms with Crippen LogP contribution in [0.3, 0.4) is 0 Å². The van der Waals surface area contributed by atoms with Gasteiger partial charge in [-0.15, -0.1) is 35.3 Å². The lowest BCUT2D eigenvalue weighted by atomic mass is 10.1. The van der Waals surface area contributed by atoms with Gasteiger partial charge in [0.05, 0.1) is 23.7 Å². The number of benzene rings is 1. The molecule has 0 fully saturated rings. The minimum atomic E-state index is -0.00964. The Morgan fingerprint density at radius 3 is 2.60 bits per heavy atom. The molecule has 2 N–H and O–H groups in total. The van der Waals surface area contributed by atoms with E-state index in [9.17, 15) is 4.79 Å². The van der Waals surface area contributed by atoms with Crippen molar-refractivity contribution in [3.8, 4) is 10.8 Å². The summed E-state index contributed by atoms with van der Waals surface area (Å²) in [5, 5.41) is 8.49. The number of nitrogens with one attached hydrogen (secondary N) is 2. The highest BCUT2D eigenvalue weighted by atomic mass is 127. The SMILES string of the molecule is CCNC(=NCc1ccc(C(=O)N(C)C)cc1)NCc1coc(-c2cccs2)n1.I. The summed E-state index contributed by atoms with van der Waals surface area (Å²) in [4.78, 5) is 23.7. The molecule has 3 rings (SSSR count). The van der Waals surface area contributed by atoms with E-state index in [2.05, 4.69) is 20.6 Å². The van der Waals surface area contributed by atoms with Crippen molar-refractivity contribution >= 4 is 47.2 Å². The third kappa shape index (κ3) is 6.56. The van der Waals surface area contributed by atoms with E-state index in [4.69, 9.17) is 4.42 Å². The smallest absolute Gasteiger partial charge is 0.253 e. The molecule has 3 aromatic rings. The number of carbonyl (C=O) groups is 1. The van der Waals surface area contributed by atoms with Gasteiger partial charge >= 0.3 is 0 Å². The molecule has 9 heteroatoms. The maximum Gasteiger partial charge on any atom is 0.253 e. The molecular weight excluding hydrogens is 513 g/mol. The van der Waals surface area contributed by atoms with Crippen LogP contribution in [0.4, 0.5) is 0 Å². The number of carbonyl (C=O) groups excluding carboxylic acids is 1. The number of aliphatic imine (C=N–C) groups is 1. The number of halogens is 1. The third-order valence-corrected chi connectivity index (χ3v) is 4.95. The van der Waals surface area contributed by atoms with Gasteiger partial charge in [0.15, 0.2) is 5.96 Å². The summed E-state index contributed by atoms with van der Waals surface area (Å²) in [6.07, 6.45) is 1.66. The molecule has 0 saturated heterocycles. The van der Waals surface area contributed by atoms with Gasteiger partial charge in [0.2, 0.25) is 5.89 Å². The van der Waals surface area contributed by atoms with Gasteiger partial charge in [-0.25, -0.2) is 9.98 Å². The molecule has 0 bridgehead atoms. The number of guanidine groups is 1. The third-order valence-electron chi connectivity index (χ3n) is 4.09. The molecule has 1 amide bonds. The van der Waals surface area contributed by atoms with Crippen molar-refractivity contribution in [3.63, 3.8) is 0 Å². The molecule has 2 heterocycles. The van der Waals surface area contributed by atoms with Crippen LogP contribution in [0.15, 0.2) is 57.5 Å². The van der Waals surface area contributed by atoms with Crippen molar-refractivity contribution in [1.82, 2.24) is 20.5 Å². The van der Waals surface area contributed by atoms with E-state index >= 15 is 0 Å². The number of hydrogen-bond acceptors (Lipinski definition) is 5. The first-order chi connectivity index (χ1) is 14.1. The summed E-state index contributed by atoms with van der Waals surface area (Å²) in [5.41, 5.74) is 2.50. The molecule has 7 nitrogen and oxygen atoms in total. The second kappa shape index (κ2) is 11.7. The second-order valence-corrected chi connectivity index (χ2v) is 7.51. The zero-order chi connectivity index (χ0) is 20.6.